The van der Waals surface area contributed by atoms with E-state index in [0.29, 0.717) is 32.4 Å². The molecule has 0 radical (unpaired) electrons. The van der Waals surface area contributed by atoms with E-state index in [4.69, 9.17) is 14.7 Å². The summed E-state index contributed by atoms with van der Waals surface area (Å²) < 4.78 is 5.75. The van der Waals surface area contributed by atoms with Crippen molar-refractivity contribution in [2.45, 2.75) is 69.5 Å². The molecule has 4 atom stereocenters. The average molecular weight is 461 g/mol. The van der Waals surface area contributed by atoms with E-state index in [1.165, 1.54) is 0 Å². The predicted octanol–water partition coefficient (Wildman–Crippen LogP) is 1.77. The van der Waals surface area contributed by atoms with Crippen molar-refractivity contribution in [3.8, 4) is 0 Å². The van der Waals surface area contributed by atoms with Crippen molar-refractivity contribution in [2.24, 2.45) is 5.10 Å². The summed E-state index contributed by atoms with van der Waals surface area (Å²) in [5.74, 6) is -0.825. The van der Waals surface area contributed by atoms with Gasteiger partial charge in [-0.3, -0.25) is 19.5 Å². The molecule has 4 unspecified atom stereocenters. The van der Waals surface area contributed by atoms with Crippen molar-refractivity contribution in [2.75, 3.05) is 32.7 Å². The van der Waals surface area contributed by atoms with Crippen LogP contribution in [-0.4, -0.2) is 88.9 Å². The number of nitrogens with zero attached hydrogens (tertiary/aromatic N) is 3. The minimum Gasteiger partial charge on any atom is -0.480 e. The smallest absolute Gasteiger partial charge is 0.317 e. The molecule has 33 heavy (non-hydrogen) atoms. The van der Waals surface area contributed by atoms with Gasteiger partial charge in [0.2, 0.25) is 0 Å². The summed E-state index contributed by atoms with van der Waals surface area (Å²) in [5, 5.41) is 26.6. The van der Waals surface area contributed by atoms with E-state index >= 15 is 0 Å². The van der Waals surface area contributed by atoms with Crippen LogP contribution in [0.15, 0.2) is 29.4 Å². The number of hydrazone groups is 1. The summed E-state index contributed by atoms with van der Waals surface area (Å²) in [4.78, 5) is 18.6. The first-order valence-electron chi connectivity index (χ1n) is 11.9. The van der Waals surface area contributed by atoms with Crippen LogP contribution in [-0.2, 0) is 14.4 Å². The van der Waals surface area contributed by atoms with Crippen LogP contribution in [0.2, 0.25) is 0 Å². The van der Waals surface area contributed by atoms with Crippen molar-refractivity contribution in [1.29, 1.82) is 0 Å². The Labute approximate surface area is 195 Å². The van der Waals surface area contributed by atoms with Crippen molar-refractivity contribution in [3.05, 3.63) is 35.4 Å². The van der Waals surface area contributed by atoms with Crippen LogP contribution in [0, 0.1) is 0 Å². The fourth-order valence-corrected chi connectivity index (χ4v) is 5.02. The first-order chi connectivity index (χ1) is 15.8. The standard InChI is InChI=1S/C24H36N4O5/c1-17-14-28(15-18(2)32-17)25-13-19-3-5-20(6-4-19)22-11-21(33-26-22)12-24(31)7-9-27(10-8-24)16-23(29)30/h3-6,13,17-18,21-22,26,31H,7-12,14-16H2,1-2H3,(H,29,30). The van der Waals surface area contributed by atoms with Crippen LogP contribution in [0.5, 0.6) is 0 Å². The quantitative estimate of drug-likeness (QED) is 0.529. The molecule has 9 heteroatoms. The minimum atomic E-state index is -0.825. The van der Waals surface area contributed by atoms with Gasteiger partial charge in [-0.1, -0.05) is 24.3 Å². The Hall–Kier alpha value is -2.04. The molecule has 0 amide bonds. The molecule has 0 aromatic heterocycles. The number of carboxylic acid groups (broad SMARTS) is 1. The molecule has 0 aliphatic carbocycles. The second kappa shape index (κ2) is 10.5. The maximum Gasteiger partial charge on any atom is 0.317 e. The van der Waals surface area contributed by atoms with Crippen LogP contribution in [0.3, 0.4) is 0 Å². The fourth-order valence-electron chi connectivity index (χ4n) is 5.02. The molecule has 4 rings (SSSR count). The SMILES string of the molecule is CC1CN(N=Cc2ccc(C3CC(CC4(O)CCN(CC(=O)O)CC4)ON3)cc2)CC(C)O1. The molecule has 3 aliphatic heterocycles. The number of carboxylic acids is 1. The number of hydrogen-bond donors (Lipinski definition) is 3. The highest BCUT2D eigenvalue weighted by atomic mass is 16.7. The van der Waals surface area contributed by atoms with Gasteiger partial charge >= 0.3 is 5.97 Å². The molecule has 3 saturated heterocycles. The second-order valence-corrected chi connectivity index (χ2v) is 9.78. The first-order valence-corrected chi connectivity index (χ1v) is 11.9. The van der Waals surface area contributed by atoms with E-state index in [1.54, 1.807) is 0 Å². The van der Waals surface area contributed by atoms with Gasteiger partial charge in [-0.25, -0.2) is 0 Å². The first kappa shape index (κ1) is 24.1. The highest BCUT2D eigenvalue weighted by molar-refractivity contribution is 5.79. The zero-order chi connectivity index (χ0) is 23.4. The van der Waals surface area contributed by atoms with E-state index in [0.717, 1.165) is 30.6 Å². The van der Waals surface area contributed by atoms with E-state index in [-0.39, 0.29) is 30.9 Å². The second-order valence-electron chi connectivity index (χ2n) is 9.78. The lowest BCUT2D eigenvalue weighted by atomic mass is 9.84. The van der Waals surface area contributed by atoms with Gasteiger partial charge in [0.1, 0.15) is 0 Å². The lowest BCUT2D eigenvalue weighted by Gasteiger charge is -2.38. The number of likely N-dealkylation sites (tertiary alicyclic amines) is 1. The van der Waals surface area contributed by atoms with Crippen molar-refractivity contribution >= 4 is 12.2 Å². The Bertz CT molecular complexity index is 815. The zero-order valence-corrected chi connectivity index (χ0v) is 19.5. The van der Waals surface area contributed by atoms with Gasteiger partial charge in [0, 0.05) is 19.5 Å². The number of piperidine rings is 1. The number of hydroxylamine groups is 1. The largest absolute Gasteiger partial charge is 0.480 e. The number of rotatable bonds is 7. The maximum absolute atomic E-state index is 11.0. The number of aliphatic carboxylic acids is 1. The third-order valence-corrected chi connectivity index (χ3v) is 6.74. The van der Waals surface area contributed by atoms with E-state index in [1.807, 2.05) is 11.1 Å². The molecule has 3 heterocycles. The molecule has 3 N–H and O–H groups in total. The molecule has 0 bridgehead atoms. The Kier molecular flexibility index (Phi) is 7.65. The molecule has 0 spiro atoms. The van der Waals surface area contributed by atoms with Crippen molar-refractivity contribution < 1.29 is 24.6 Å². The van der Waals surface area contributed by atoms with Gasteiger partial charge in [0.05, 0.1) is 55.8 Å². The van der Waals surface area contributed by atoms with Gasteiger partial charge in [0.25, 0.3) is 0 Å². The average Bonchev–Trinajstić information content (AvgIpc) is 3.21. The monoisotopic (exact) mass is 460 g/mol. The molecule has 3 fully saturated rings. The minimum absolute atomic E-state index is 0.0328. The molecule has 182 valence electrons. The topological polar surface area (TPSA) is 107 Å². The normalized spacial score (nSPS) is 30.7. The van der Waals surface area contributed by atoms with Crippen LogP contribution in [0.1, 0.15) is 56.7 Å². The van der Waals surface area contributed by atoms with E-state index < -0.39 is 11.6 Å². The van der Waals surface area contributed by atoms with Crippen LogP contribution < -0.4 is 5.48 Å². The Balaban J connectivity index is 1.25. The van der Waals surface area contributed by atoms with Gasteiger partial charge in [-0.15, -0.1) is 0 Å². The van der Waals surface area contributed by atoms with Crippen LogP contribution in [0.4, 0.5) is 0 Å². The third-order valence-electron chi connectivity index (χ3n) is 6.74. The number of nitrogens with one attached hydrogen (secondary N) is 1. The van der Waals surface area contributed by atoms with Gasteiger partial charge in [-0.05, 0) is 44.2 Å². The highest BCUT2D eigenvalue weighted by Gasteiger charge is 2.38. The summed E-state index contributed by atoms with van der Waals surface area (Å²) >= 11 is 0. The van der Waals surface area contributed by atoms with Gasteiger partial charge in [0.15, 0.2) is 0 Å². The molecular weight excluding hydrogens is 424 g/mol. The number of morpholine rings is 1. The molecule has 1 aromatic rings. The number of benzene rings is 1. The Morgan fingerprint density at radius 1 is 1.21 bits per heavy atom. The van der Waals surface area contributed by atoms with Crippen molar-refractivity contribution in [3.63, 3.8) is 0 Å². The number of aliphatic hydroxyl groups is 1. The Morgan fingerprint density at radius 2 is 1.88 bits per heavy atom. The fraction of sp³-hybridized carbons (Fsp3) is 0.667. The van der Waals surface area contributed by atoms with Gasteiger partial charge in [-0.2, -0.15) is 10.6 Å². The van der Waals surface area contributed by atoms with Gasteiger partial charge < -0.3 is 14.9 Å². The van der Waals surface area contributed by atoms with Crippen molar-refractivity contribution in [1.82, 2.24) is 15.4 Å². The third kappa shape index (κ3) is 6.74. The molecular formula is C24H36N4O5. The highest BCUT2D eigenvalue weighted by Crippen LogP contribution is 2.34. The molecule has 0 saturated carbocycles. The van der Waals surface area contributed by atoms with E-state index in [9.17, 15) is 9.90 Å². The van der Waals surface area contributed by atoms with Crippen LogP contribution in [0.25, 0.3) is 0 Å². The van der Waals surface area contributed by atoms with Crippen LogP contribution >= 0.6 is 0 Å². The predicted molar refractivity (Wildman–Crippen MR) is 124 cm³/mol. The molecule has 1 aromatic carbocycles. The number of carbonyl (C=O) groups is 1. The Morgan fingerprint density at radius 3 is 2.52 bits per heavy atom. The maximum atomic E-state index is 11.0. The summed E-state index contributed by atoms with van der Waals surface area (Å²) in [6.07, 6.45) is 4.67. The van der Waals surface area contributed by atoms with E-state index in [2.05, 4.69) is 53.7 Å². The lowest BCUT2D eigenvalue weighted by Crippen LogP contribution is -2.47. The summed E-state index contributed by atoms with van der Waals surface area (Å²) in [5.41, 5.74) is 4.51. The summed E-state index contributed by atoms with van der Waals surface area (Å²) in [6.45, 7) is 6.96. The number of hydrogen-bond acceptors (Lipinski definition) is 8. The number of ether oxygens (including phenoxy) is 1. The molecule has 9 nitrogen and oxygen atoms in total. The summed E-state index contributed by atoms with van der Waals surface area (Å²) in [7, 11) is 0. The lowest BCUT2D eigenvalue weighted by molar-refractivity contribution is -0.140. The molecule has 3 aliphatic rings. The summed E-state index contributed by atoms with van der Waals surface area (Å²) in [6, 6.07) is 8.39. The zero-order valence-electron chi connectivity index (χ0n) is 19.5.